The second-order valence-corrected chi connectivity index (χ2v) is 5.96. The van der Waals surface area contributed by atoms with E-state index in [2.05, 4.69) is 10.3 Å². The number of pyridine rings is 1. The van der Waals surface area contributed by atoms with E-state index in [4.69, 9.17) is 5.73 Å². The van der Waals surface area contributed by atoms with Gasteiger partial charge in [-0.3, -0.25) is 9.59 Å². The van der Waals surface area contributed by atoms with Crippen molar-refractivity contribution >= 4 is 16.8 Å². The summed E-state index contributed by atoms with van der Waals surface area (Å²) in [6.07, 6.45) is 3.00. The summed E-state index contributed by atoms with van der Waals surface area (Å²) in [7, 11) is 0. The first kappa shape index (κ1) is 14.8. The Balaban J connectivity index is 1.76. The third-order valence-electron chi connectivity index (χ3n) is 4.59. The number of aromatic nitrogens is 1. The van der Waals surface area contributed by atoms with Gasteiger partial charge in [0, 0.05) is 29.4 Å². The molecule has 1 aromatic carbocycles. The molecule has 1 fully saturated rings. The Kier molecular flexibility index (Phi) is 4.24. The van der Waals surface area contributed by atoms with Gasteiger partial charge in [-0.25, -0.2) is 0 Å². The number of aromatic amines is 1. The number of amides is 1. The fourth-order valence-corrected chi connectivity index (χ4v) is 3.40. The van der Waals surface area contributed by atoms with Crippen LogP contribution < -0.4 is 16.6 Å². The number of hydrogen-bond acceptors (Lipinski definition) is 3. The van der Waals surface area contributed by atoms with E-state index in [9.17, 15) is 9.59 Å². The molecule has 0 aliphatic heterocycles. The molecule has 5 heteroatoms. The van der Waals surface area contributed by atoms with Gasteiger partial charge in [-0.2, -0.15) is 0 Å². The first-order valence-electron chi connectivity index (χ1n) is 7.78. The molecule has 0 unspecified atom stereocenters. The van der Waals surface area contributed by atoms with Crippen LogP contribution in [0.4, 0.5) is 0 Å². The van der Waals surface area contributed by atoms with Gasteiger partial charge in [-0.15, -0.1) is 0 Å². The van der Waals surface area contributed by atoms with Crippen LogP contribution in [0, 0.1) is 11.8 Å². The fourth-order valence-electron chi connectivity index (χ4n) is 3.40. The highest BCUT2D eigenvalue weighted by Crippen LogP contribution is 2.31. The van der Waals surface area contributed by atoms with Crippen LogP contribution in [0.15, 0.2) is 35.1 Å². The summed E-state index contributed by atoms with van der Waals surface area (Å²) in [5, 5.41) is 3.94. The Labute approximate surface area is 128 Å². The molecule has 2 atom stereocenters. The molecule has 3 rings (SSSR count). The highest BCUT2D eigenvalue weighted by molar-refractivity contribution is 5.83. The Morgan fingerprint density at radius 1 is 1.32 bits per heavy atom. The number of carbonyl (C=O) groups is 1. The van der Waals surface area contributed by atoms with E-state index in [1.165, 1.54) is 0 Å². The van der Waals surface area contributed by atoms with E-state index in [1.54, 1.807) is 6.07 Å². The molecule has 0 bridgehead atoms. The number of H-pyrrole nitrogens is 1. The number of carbonyl (C=O) groups excluding carboxylic acids is 1. The van der Waals surface area contributed by atoms with Crippen molar-refractivity contribution in [2.45, 2.75) is 25.8 Å². The maximum absolute atomic E-state index is 12.4. The third kappa shape index (κ3) is 2.90. The predicted molar refractivity (Wildman–Crippen MR) is 86.3 cm³/mol. The highest BCUT2D eigenvalue weighted by atomic mass is 16.2. The van der Waals surface area contributed by atoms with Crippen molar-refractivity contribution in [3.8, 4) is 0 Å². The van der Waals surface area contributed by atoms with Crippen LogP contribution in [0.2, 0.25) is 0 Å². The zero-order valence-corrected chi connectivity index (χ0v) is 12.5. The summed E-state index contributed by atoms with van der Waals surface area (Å²) >= 11 is 0. The van der Waals surface area contributed by atoms with Crippen molar-refractivity contribution < 1.29 is 4.79 Å². The summed E-state index contributed by atoms with van der Waals surface area (Å²) in [6, 6.07) is 9.17. The van der Waals surface area contributed by atoms with Gasteiger partial charge < -0.3 is 16.0 Å². The van der Waals surface area contributed by atoms with E-state index in [1.807, 2.05) is 24.3 Å². The van der Waals surface area contributed by atoms with Gasteiger partial charge in [-0.05, 0) is 36.9 Å². The molecule has 1 saturated carbocycles. The van der Waals surface area contributed by atoms with Crippen molar-refractivity contribution in [1.82, 2.24) is 10.3 Å². The lowest BCUT2D eigenvalue weighted by Crippen LogP contribution is -2.34. The second kappa shape index (κ2) is 6.32. The van der Waals surface area contributed by atoms with Gasteiger partial charge in [0.05, 0.1) is 0 Å². The molecule has 1 aliphatic rings. The Morgan fingerprint density at radius 3 is 2.95 bits per heavy atom. The monoisotopic (exact) mass is 299 g/mol. The molecule has 2 aromatic rings. The van der Waals surface area contributed by atoms with Gasteiger partial charge in [0.1, 0.15) is 0 Å². The topological polar surface area (TPSA) is 88.0 Å². The van der Waals surface area contributed by atoms with Crippen LogP contribution in [0.5, 0.6) is 0 Å². The maximum atomic E-state index is 12.4. The number of benzene rings is 1. The first-order chi connectivity index (χ1) is 10.7. The largest absolute Gasteiger partial charge is 0.352 e. The van der Waals surface area contributed by atoms with Crippen molar-refractivity contribution in [2.75, 3.05) is 6.54 Å². The number of fused-ring (bicyclic) bond motifs is 1. The van der Waals surface area contributed by atoms with Gasteiger partial charge in [0.15, 0.2) is 0 Å². The summed E-state index contributed by atoms with van der Waals surface area (Å²) in [5.41, 5.74) is 7.22. The summed E-state index contributed by atoms with van der Waals surface area (Å²) in [4.78, 5) is 26.9. The zero-order valence-electron chi connectivity index (χ0n) is 12.5. The van der Waals surface area contributed by atoms with Gasteiger partial charge >= 0.3 is 0 Å². The molecule has 4 N–H and O–H groups in total. The molecule has 0 radical (unpaired) electrons. The van der Waals surface area contributed by atoms with Crippen molar-refractivity contribution in [1.29, 1.82) is 0 Å². The Morgan fingerprint density at radius 2 is 2.14 bits per heavy atom. The molecular weight excluding hydrogens is 278 g/mol. The SMILES string of the molecule is NC[C@H]1CCC[C@H]1C(=O)NCc1cc(=O)[nH]c2ccccc12. The summed E-state index contributed by atoms with van der Waals surface area (Å²) in [6.45, 7) is 0.934. The lowest BCUT2D eigenvalue weighted by Gasteiger charge is -2.17. The molecular formula is C17H21N3O2. The molecule has 22 heavy (non-hydrogen) atoms. The number of para-hydroxylation sites is 1. The summed E-state index contributed by atoms with van der Waals surface area (Å²) in [5.74, 6) is 0.353. The molecule has 1 heterocycles. The molecule has 0 saturated heterocycles. The average Bonchev–Trinajstić information content (AvgIpc) is 3.00. The smallest absolute Gasteiger partial charge is 0.248 e. The van der Waals surface area contributed by atoms with E-state index >= 15 is 0 Å². The predicted octanol–water partition coefficient (Wildman–Crippen LogP) is 1.52. The fraction of sp³-hybridized carbons (Fsp3) is 0.412. The maximum Gasteiger partial charge on any atom is 0.248 e. The second-order valence-electron chi connectivity index (χ2n) is 5.96. The van der Waals surface area contributed by atoms with E-state index in [-0.39, 0.29) is 23.3 Å². The average molecular weight is 299 g/mol. The molecule has 116 valence electrons. The van der Waals surface area contributed by atoms with Crippen LogP contribution in [0.25, 0.3) is 10.9 Å². The number of nitrogens with one attached hydrogen (secondary N) is 2. The van der Waals surface area contributed by atoms with Gasteiger partial charge in [-0.1, -0.05) is 24.6 Å². The molecule has 1 amide bonds. The van der Waals surface area contributed by atoms with Crippen LogP contribution in [-0.2, 0) is 11.3 Å². The molecule has 1 aliphatic carbocycles. The molecule has 0 spiro atoms. The van der Waals surface area contributed by atoms with Crippen LogP contribution in [-0.4, -0.2) is 17.4 Å². The van der Waals surface area contributed by atoms with Crippen molar-refractivity contribution in [3.05, 3.63) is 46.2 Å². The number of nitrogens with two attached hydrogens (primary N) is 1. The first-order valence-corrected chi connectivity index (χ1v) is 7.78. The third-order valence-corrected chi connectivity index (χ3v) is 4.59. The normalized spacial score (nSPS) is 21.1. The molecule has 1 aromatic heterocycles. The number of rotatable bonds is 4. The van der Waals surface area contributed by atoms with Crippen molar-refractivity contribution in [3.63, 3.8) is 0 Å². The highest BCUT2D eigenvalue weighted by Gasteiger charge is 2.31. The zero-order chi connectivity index (χ0) is 15.5. The Bertz CT molecular complexity index is 738. The van der Waals surface area contributed by atoms with E-state index < -0.39 is 0 Å². The minimum absolute atomic E-state index is 0.0123. The van der Waals surface area contributed by atoms with Crippen LogP contribution in [0.3, 0.4) is 0 Å². The summed E-state index contributed by atoms with van der Waals surface area (Å²) < 4.78 is 0. The standard InChI is InChI=1S/C17H21N3O2/c18-9-11-4-3-6-14(11)17(22)19-10-12-8-16(21)20-15-7-2-1-5-13(12)15/h1-2,5,7-8,11,14H,3-4,6,9-10,18H2,(H,19,22)(H,20,21)/t11-,14-/m1/s1. The minimum Gasteiger partial charge on any atom is -0.352 e. The van der Waals surface area contributed by atoms with Gasteiger partial charge in [0.2, 0.25) is 11.5 Å². The van der Waals surface area contributed by atoms with E-state index in [0.29, 0.717) is 13.1 Å². The lowest BCUT2D eigenvalue weighted by molar-refractivity contribution is -0.126. The quantitative estimate of drug-likeness (QED) is 0.800. The van der Waals surface area contributed by atoms with Gasteiger partial charge in [0.25, 0.3) is 0 Å². The van der Waals surface area contributed by atoms with Crippen LogP contribution in [0.1, 0.15) is 24.8 Å². The number of hydrogen-bond donors (Lipinski definition) is 3. The molecule has 5 nitrogen and oxygen atoms in total. The lowest BCUT2D eigenvalue weighted by atomic mass is 9.95. The van der Waals surface area contributed by atoms with Crippen LogP contribution >= 0.6 is 0 Å². The minimum atomic E-state index is -0.149. The Hall–Kier alpha value is -2.14. The van der Waals surface area contributed by atoms with E-state index in [0.717, 1.165) is 35.7 Å². The van der Waals surface area contributed by atoms with Crippen molar-refractivity contribution in [2.24, 2.45) is 17.6 Å².